The smallest absolute Gasteiger partial charge is 0.335 e. The standard InChI is InChI=1S/C10H8N2O2S2/c11-10-12-5-8(16-10)15-7-3-1-2-6(4-7)9(13)14/h1-5H,(H2,11,12)(H,13,14). The Morgan fingerprint density at radius 1 is 1.50 bits per heavy atom. The van der Waals surface area contributed by atoms with E-state index in [1.165, 1.54) is 23.1 Å². The molecule has 0 spiro atoms. The fraction of sp³-hybridized carbons (Fsp3) is 0. The molecule has 0 aliphatic carbocycles. The second-order valence-corrected chi connectivity index (χ2v) is 5.39. The number of nitrogen functional groups attached to an aromatic ring is 1. The van der Waals surface area contributed by atoms with E-state index in [0.717, 1.165) is 9.10 Å². The van der Waals surface area contributed by atoms with E-state index in [-0.39, 0.29) is 5.56 Å². The number of carboxylic acids is 1. The molecule has 82 valence electrons. The average Bonchev–Trinajstić information content (AvgIpc) is 2.64. The predicted molar refractivity (Wildman–Crippen MR) is 64.1 cm³/mol. The molecule has 0 atom stereocenters. The average molecular weight is 252 g/mol. The lowest BCUT2D eigenvalue weighted by atomic mass is 10.2. The van der Waals surface area contributed by atoms with Gasteiger partial charge in [-0.05, 0) is 18.2 Å². The zero-order valence-electron chi connectivity index (χ0n) is 8.08. The maximum absolute atomic E-state index is 10.8. The molecule has 0 bridgehead atoms. The molecule has 6 heteroatoms. The van der Waals surface area contributed by atoms with Crippen LogP contribution in [0.1, 0.15) is 10.4 Å². The molecule has 0 saturated carbocycles. The van der Waals surface area contributed by atoms with Gasteiger partial charge in [-0.1, -0.05) is 29.2 Å². The van der Waals surface area contributed by atoms with E-state index in [0.29, 0.717) is 5.13 Å². The Balaban J connectivity index is 2.21. The number of nitrogens with two attached hydrogens (primary N) is 1. The van der Waals surface area contributed by atoms with Crippen molar-refractivity contribution in [3.05, 3.63) is 36.0 Å². The Morgan fingerprint density at radius 3 is 2.94 bits per heavy atom. The summed E-state index contributed by atoms with van der Waals surface area (Å²) >= 11 is 2.83. The molecular weight excluding hydrogens is 244 g/mol. The third kappa shape index (κ3) is 2.53. The van der Waals surface area contributed by atoms with Gasteiger partial charge in [-0.25, -0.2) is 9.78 Å². The van der Waals surface area contributed by atoms with Gasteiger partial charge < -0.3 is 10.8 Å². The highest BCUT2D eigenvalue weighted by Gasteiger charge is 2.05. The molecule has 0 radical (unpaired) electrons. The number of benzene rings is 1. The summed E-state index contributed by atoms with van der Waals surface area (Å²) in [7, 11) is 0. The van der Waals surface area contributed by atoms with Gasteiger partial charge in [0, 0.05) is 4.90 Å². The van der Waals surface area contributed by atoms with Crippen LogP contribution in [-0.4, -0.2) is 16.1 Å². The first kappa shape index (κ1) is 11.0. The highest BCUT2D eigenvalue weighted by Crippen LogP contribution is 2.33. The Morgan fingerprint density at radius 2 is 2.31 bits per heavy atom. The van der Waals surface area contributed by atoms with Gasteiger partial charge in [-0.3, -0.25) is 0 Å². The number of aromatic carboxylic acids is 1. The van der Waals surface area contributed by atoms with Crippen LogP contribution in [-0.2, 0) is 0 Å². The first-order chi connectivity index (χ1) is 7.65. The number of nitrogens with zero attached hydrogens (tertiary/aromatic N) is 1. The number of anilines is 1. The van der Waals surface area contributed by atoms with Gasteiger partial charge in [-0.15, -0.1) is 0 Å². The van der Waals surface area contributed by atoms with Crippen molar-refractivity contribution in [2.24, 2.45) is 0 Å². The van der Waals surface area contributed by atoms with E-state index in [1.54, 1.807) is 24.4 Å². The number of thiazole rings is 1. The van der Waals surface area contributed by atoms with Crippen molar-refractivity contribution >= 4 is 34.2 Å². The molecule has 0 fully saturated rings. The lowest BCUT2D eigenvalue weighted by Gasteiger charge is -1.99. The van der Waals surface area contributed by atoms with Crippen molar-refractivity contribution in [3.63, 3.8) is 0 Å². The first-order valence-corrected chi connectivity index (χ1v) is 6.01. The van der Waals surface area contributed by atoms with Crippen molar-refractivity contribution < 1.29 is 9.90 Å². The molecule has 0 saturated heterocycles. The van der Waals surface area contributed by atoms with Crippen LogP contribution in [0, 0.1) is 0 Å². The zero-order chi connectivity index (χ0) is 11.5. The summed E-state index contributed by atoms with van der Waals surface area (Å²) < 4.78 is 0.944. The minimum absolute atomic E-state index is 0.280. The monoisotopic (exact) mass is 252 g/mol. The van der Waals surface area contributed by atoms with Crippen LogP contribution in [0.3, 0.4) is 0 Å². The molecule has 1 aromatic carbocycles. The molecule has 3 N–H and O–H groups in total. The van der Waals surface area contributed by atoms with Gasteiger partial charge in [0.25, 0.3) is 0 Å². The van der Waals surface area contributed by atoms with E-state index in [9.17, 15) is 4.79 Å². The topological polar surface area (TPSA) is 76.2 Å². The fourth-order valence-corrected chi connectivity index (χ4v) is 2.93. The Hall–Kier alpha value is -1.53. The van der Waals surface area contributed by atoms with Crippen LogP contribution in [0.15, 0.2) is 39.6 Å². The molecule has 0 unspecified atom stereocenters. The van der Waals surface area contributed by atoms with Crippen molar-refractivity contribution in [2.75, 3.05) is 5.73 Å². The number of carbonyl (C=O) groups is 1. The summed E-state index contributed by atoms with van der Waals surface area (Å²) in [5, 5.41) is 9.35. The lowest BCUT2D eigenvalue weighted by Crippen LogP contribution is -1.94. The summed E-state index contributed by atoms with van der Waals surface area (Å²) in [6, 6.07) is 6.76. The fourth-order valence-electron chi connectivity index (χ4n) is 1.13. The van der Waals surface area contributed by atoms with E-state index >= 15 is 0 Å². The Kier molecular flexibility index (Phi) is 3.12. The van der Waals surface area contributed by atoms with E-state index in [4.69, 9.17) is 10.8 Å². The number of rotatable bonds is 3. The third-order valence-electron chi connectivity index (χ3n) is 1.80. The molecule has 0 amide bonds. The van der Waals surface area contributed by atoms with Crippen molar-refractivity contribution in [1.29, 1.82) is 0 Å². The van der Waals surface area contributed by atoms with Crippen molar-refractivity contribution in [3.8, 4) is 0 Å². The lowest BCUT2D eigenvalue weighted by molar-refractivity contribution is 0.0696. The minimum atomic E-state index is -0.925. The Bertz CT molecular complexity index is 525. The summed E-state index contributed by atoms with van der Waals surface area (Å²) in [4.78, 5) is 15.6. The largest absolute Gasteiger partial charge is 0.478 e. The minimum Gasteiger partial charge on any atom is -0.478 e. The number of carboxylic acid groups (broad SMARTS) is 1. The molecule has 1 heterocycles. The molecule has 4 nitrogen and oxygen atoms in total. The maximum atomic E-state index is 10.8. The van der Waals surface area contributed by atoms with Crippen LogP contribution in [0.4, 0.5) is 5.13 Å². The van der Waals surface area contributed by atoms with E-state index < -0.39 is 5.97 Å². The molecule has 1 aromatic heterocycles. The van der Waals surface area contributed by atoms with E-state index in [2.05, 4.69) is 4.98 Å². The quantitative estimate of drug-likeness (QED) is 0.878. The van der Waals surface area contributed by atoms with Crippen LogP contribution in [0.25, 0.3) is 0 Å². The van der Waals surface area contributed by atoms with Crippen LogP contribution in [0.5, 0.6) is 0 Å². The summed E-state index contributed by atoms with van der Waals surface area (Å²) in [5.41, 5.74) is 5.79. The zero-order valence-corrected chi connectivity index (χ0v) is 9.72. The number of hydrogen-bond acceptors (Lipinski definition) is 5. The van der Waals surface area contributed by atoms with Gasteiger partial charge >= 0.3 is 5.97 Å². The van der Waals surface area contributed by atoms with E-state index in [1.807, 2.05) is 6.07 Å². The third-order valence-corrected chi connectivity index (χ3v) is 3.72. The predicted octanol–water partition coefficient (Wildman–Crippen LogP) is 2.57. The summed E-state index contributed by atoms with van der Waals surface area (Å²) in [6.07, 6.45) is 1.68. The summed E-state index contributed by atoms with van der Waals surface area (Å²) in [6.45, 7) is 0. The maximum Gasteiger partial charge on any atom is 0.335 e. The second-order valence-electron chi connectivity index (χ2n) is 2.95. The molecule has 0 aliphatic rings. The molecule has 2 rings (SSSR count). The highest BCUT2D eigenvalue weighted by molar-refractivity contribution is 8.01. The van der Waals surface area contributed by atoms with Crippen LogP contribution < -0.4 is 5.73 Å². The van der Waals surface area contributed by atoms with Gasteiger partial charge in [0.05, 0.1) is 16.0 Å². The Labute approximate surface area is 100 Å². The normalized spacial score (nSPS) is 10.2. The SMILES string of the molecule is Nc1ncc(Sc2cccc(C(=O)O)c2)s1. The van der Waals surface area contributed by atoms with Crippen LogP contribution in [0.2, 0.25) is 0 Å². The number of aromatic nitrogens is 1. The summed E-state index contributed by atoms with van der Waals surface area (Å²) in [5.74, 6) is -0.925. The van der Waals surface area contributed by atoms with Gasteiger partial charge in [-0.2, -0.15) is 0 Å². The molecular formula is C10H8N2O2S2. The highest BCUT2D eigenvalue weighted by atomic mass is 32.2. The molecule has 2 aromatic rings. The second kappa shape index (κ2) is 4.54. The van der Waals surface area contributed by atoms with Gasteiger partial charge in [0.15, 0.2) is 5.13 Å². The van der Waals surface area contributed by atoms with Gasteiger partial charge in [0.1, 0.15) is 0 Å². The molecule has 16 heavy (non-hydrogen) atoms. The van der Waals surface area contributed by atoms with Crippen LogP contribution >= 0.6 is 23.1 Å². The number of hydrogen-bond donors (Lipinski definition) is 2. The van der Waals surface area contributed by atoms with Crippen molar-refractivity contribution in [1.82, 2.24) is 4.98 Å². The van der Waals surface area contributed by atoms with Gasteiger partial charge in [0.2, 0.25) is 0 Å². The van der Waals surface area contributed by atoms with Crippen molar-refractivity contribution in [2.45, 2.75) is 9.10 Å². The molecule has 0 aliphatic heterocycles. The first-order valence-electron chi connectivity index (χ1n) is 4.37.